The number of ether oxygens (including phenoxy) is 1. The largest absolute Gasteiger partial charge is 0.376 e. The van der Waals surface area contributed by atoms with Crippen LogP contribution in [0.4, 0.5) is 0 Å². The number of carbonyl (C=O) groups excluding carboxylic acids is 1. The molecule has 0 spiro atoms. The van der Waals surface area contributed by atoms with Crippen LogP contribution in [-0.2, 0) is 4.74 Å². The van der Waals surface area contributed by atoms with Crippen LogP contribution in [0, 0.1) is 6.92 Å². The van der Waals surface area contributed by atoms with Crippen LogP contribution in [0.5, 0.6) is 0 Å². The van der Waals surface area contributed by atoms with Gasteiger partial charge in [0.2, 0.25) is 0 Å². The van der Waals surface area contributed by atoms with Crippen LogP contribution in [0.2, 0.25) is 0 Å². The number of hydrogen-bond acceptors (Lipinski definition) is 3. The highest BCUT2D eigenvalue weighted by atomic mass is 16.5. The van der Waals surface area contributed by atoms with Crippen molar-refractivity contribution in [2.75, 3.05) is 13.2 Å². The highest BCUT2D eigenvalue weighted by Crippen LogP contribution is 2.41. The van der Waals surface area contributed by atoms with Gasteiger partial charge in [-0.05, 0) is 56.4 Å². The van der Waals surface area contributed by atoms with Gasteiger partial charge in [0, 0.05) is 24.8 Å². The summed E-state index contributed by atoms with van der Waals surface area (Å²) in [5.41, 5.74) is 3.85. The first-order valence-corrected chi connectivity index (χ1v) is 8.77. The van der Waals surface area contributed by atoms with Gasteiger partial charge in [-0.1, -0.05) is 12.1 Å². The Bertz CT molecular complexity index is 743. The van der Waals surface area contributed by atoms with Crippen LogP contribution >= 0.6 is 0 Å². The Morgan fingerprint density at radius 2 is 2.21 bits per heavy atom. The average molecular weight is 325 g/mol. The predicted molar refractivity (Wildman–Crippen MR) is 91.6 cm³/mol. The van der Waals surface area contributed by atoms with Crippen molar-refractivity contribution in [2.45, 2.75) is 44.6 Å². The normalized spacial score (nSPS) is 20.3. The first-order chi connectivity index (χ1) is 11.7. The molecular formula is C19H23N3O2. The molecule has 1 aliphatic heterocycles. The highest BCUT2D eigenvalue weighted by Gasteiger charge is 2.30. The van der Waals surface area contributed by atoms with Crippen molar-refractivity contribution in [2.24, 2.45) is 0 Å². The number of aromatic nitrogens is 2. The van der Waals surface area contributed by atoms with E-state index in [0.29, 0.717) is 18.2 Å². The second-order valence-corrected chi connectivity index (χ2v) is 6.82. The zero-order valence-corrected chi connectivity index (χ0v) is 14.0. The van der Waals surface area contributed by atoms with E-state index in [1.807, 2.05) is 22.9 Å². The molecule has 1 saturated heterocycles. The van der Waals surface area contributed by atoms with E-state index in [-0.39, 0.29) is 12.0 Å². The van der Waals surface area contributed by atoms with Crippen molar-refractivity contribution in [3.63, 3.8) is 0 Å². The lowest BCUT2D eigenvalue weighted by Crippen LogP contribution is -2.32. The lowest BCUT2D eigenvalue weighted by Gasteiger charge is -2.09. The molecule has 1 atom stereocenters. The summed E-state index contributed by atoms with van der Waals surface area (Å²) in [6.07, 6.45) is 4.60. The monoisotopic (exact) mass is 325 g/mol. The molecule has 2 aromatic rings. The van der Waals surface area contributed by atoms with E-state index < -0.39 is 0 Å². The van der Waals surface area contributed by atoms with E-state index in [2.05, 4.69) is 29.5 Å². The second-order valence-electron chi connectivity index (χ2n) is 6.82. The van der Waals surface area contributed by atoms with Gasteiger partial charge in [-0.2, -0.15) is 5.10 Å². The van der Waals surface area contributed by atoms with Crippen molar-refractivity contribution in [3.05, 3.63) is 47.3 Å². The van der Waals surface area contributed by atoms with Gasteiger partial charge < -0.3 is 10.1 Å². The zero-order valence-electron chi connectivity index (χ0n) is 14.0. The van der Waals surface area contributed by atoms with Crippen LogP contribution in [0.3, 0.4) is 0 Å². The van der Waals surface area contributed by atoms with Crippen LogP contribution in [0.25, 0.3) is 5.69 Å². The third-order valence-corrected chi connectivity index (χ3v) is 4.73. The minimum atomic E-state index is -0.112. The molecule has 1 unspecified atom stereocenters. The molecule has 1 aliphatic carbocycles. The molecule has 1 amide bonds. The molecule has 1 saturated carbocycles. The molecular weight excluding hydrogens is 302 g/mol. The summed E-state index contributed by atoms with van der Waals surface area (Å²) in [6, 6.07) is 10.2. The third kappa shape index (κ3) is 3.22. The molecule has 1 N–H and O–H groups in total. The van der Waals surface area contributed by atoms with Crippen LogP contribution in [0.1, 0.15) is 53.3 Å². The van der Waals surface area contributed by atoms with E-state index >= 15 is 0 Å². The standard InChI is InChI=1S/C19H23N3O2/c1-13-4-2-5-15(10-13)22-18(14-7-8-14)11-17(21-22)19(23)20-12-16-6-3-9-24-16/h2,4-5,10-11,14,16H,3,6-9,12H2,1H3,(H,20,23). The Labute approximate surface area is 142 Å². The number of carbonyl (C=O) groups is 1. The maximum atomic E-state index is 12.5. The van der Waals surface area contributed by atoms with Crippen molar-refractivity contribution in [3.8, 4) is 5.69 Å². The molecule has 5 heteroatoms. The van der Waals surface area contributed by atoms with Crippen molar-refractivity contribution in [1.29, 1.82) is 0 Å². The molecule has 0 radical (unpaired) electrons. The van der Waals surface area contributed by atoms with Gasteiger partial charge in [-0.25, -0.2) is 4.68 Å². The van der Waals surface area contributed by atoms with E-state index in [1.165, 1.54) is 18.4 Å². The summed E-state index contributed by atoms with van der Waals surface area (Å²) in [5.74, 6) is 0.413. The smallest absolute Gasteiger partial charge is 0.271 e. The topological polar surface area (TPSA) is 56.2 Å². The summed E-state index contributed by atoms with van der Waals surface area (Å²) in [7, 11) is 0. The van der Waals surface area contributed by atoms with Gasteiger partial charge in [0.1, 0.15) is 0 Å². The Balaban J connectivity index is 1.55. The molecule has 2 fully saturated rings. The summed E-state index contributed by atoms with van der Waals surface area (Å²) in [6.45, 7) is 3.43. The fraction of sp³-hybridized carbons (Fsp3) is 0.474. The van der Waals surface area contributed by atoms with Gasteiger partial charge in [-0.15, -0.1) is 0 Å². The lowest BCUT2D eigenvalue weighted by atomic mass is 10.2. The quantitative estimate of drug-likeness (QED) is 0.919. The van der Waals surface area contributed by atoms with Crippen molar-refractivity contribution in [1.82, 2.24) is 15.1 Å². The number of amides is 1. The zero-order chi connectivity index (χ0) is 16.5. The van der Waals surface area contributed by atoms with Crippen LogP contribution < -0.4 is 5.32 Å². The lowest BCUT2D eigenvalue weighted by molar-refractivity contribution is 0.0853. The van der Waals surface area contributed by atoms with Crippen LogP contribution in [0.15, 0.2) is 30.3 Å². The SMILES string of the molecule is Cc1cccc(-n2nc(C(=O)NCC3CCCO3)cc2C2CC2)c1. The maximum Gasteiger partial charge on any atom is 0.271 e. The highest BCUT2D eigenvalue weighted by molar-refractivity contribution is 5.92. The number of hydrogen-bond donors (Lipinski definition) is 1. The summed E-state index contributed by atoms with van der Waals surface area (Å²) < 4.78 is 7.49. The summed E-state index contributed by atoms with van der Waals surface area (Å²) >= 11 is 0. The molecule has 24 heavy (non-hydrogen) atoms. The fourth-order valence-electron chi connectivity index (χ4n) is 3.25. The molecule has 5 nitrogen and oxygen atoms in total. The molecule has 1 aromatic carbocycles. The molecule has 2 heterocycles. The molecule has 1 aromatic heterocycles. The molecule has 126 valence electrons. The van der Waals surface area contributed by atoms with Crippen molar-refractivity contribution >= 4 is 5.91 Å². The maximum absolute atomic E-state index is 12.5. The van der Waals surface area contributed by atoms with E-state index in [0.717, 1.165) is 30.8 Å². The minimum Gasteiger partial charge on any atom is -0.376 e. The fourth-order valence-corrected chi connectivity index (χ4v) is 3.25. The second kappa shape index (κ2) is 6.40. The molecule has 4 rings (SSSR count). The van der Waals surface area contributed by atoms with Gasteiger partial charge in [-0.3, -0.25) is 4.79 Å². The van der Waals surface area contributed by atoms with Crippen LogP contribution in [-0.4, -0.2) is 34.9 Å². The van der Waals surface area contributed by atoms with Gasteiger partial charge in [0.05, 0.1) is 11.8 Å². The number of rotatable bonds is 5. The number of benzene rings is 1. The number of aryl methyl sites for hydroxylation is 1. The molecule has 2 aliphatic rings. The Morgan fingerprint density at radius 3 is 2.92 bits per heavy atom. The summed E-state index contributed by atoms with van der Waals surface area (Å²) in [4.78, 5) is 12.5. The Hall–Kier alpha value is -2.14. The van der Waals surface area contributed by atoms with Gasteiger partial charge >= 0.3 is 0 Å². The Kier molecular flexibility index (Phi) is 4.10. The van der Waals surface area contributed by atoms with E-state index in [4.69, 9.17) is 4.74 Å². The molecule has 0 bridgehead atoms. The first-order valence-electron chi connectivity index (χ1n) is 8.77. The van der Waals surface area contributed by atoms with Gasteiger partial charge in [0.15, 0.2) is 5.69 Å². The number of nitrogens with zero attached hydrogens (tertiary/aromatic N) is 2. The predicted octanol–water partition coefficient (Wildman–Crippen LogP) is 2.97. The first kappa shape index (κ1) is 15.4. The van der Waals surface area contributed by atoms with Gasteiger partial charge in [0.25, 0.3) is 5.91 Å². The van der Waals surface area contributed by atoms with Crippen molar-refractivity contribution < 1.29 is 9.53 Å². The van der Waals surface area contributed by atoms with E-state index in [1.54, 1.807) is 0 Å². The average Bonchev–Trinajstić information content (AvgIpc) is 3.12. The number of nitrogens with one attached hydrogen (secondary N) is 1. The van der Waals surface area contributed by atoms with E-state index in [9.17, 15) is 4.79 Å². The minimum absolute atomic E-state index is 0.112. The Morgan fingerprint density at radius 1 is 1.33 bits per heavy atom. The summed E-state index contributed by atoms with van der Waals surface area (Å²) in [5, 5.41) is 7.56. The third-order valence-electron chi connectivity index (χ3n) is 4.73.